The molecule has 0 saturated carbocycles. The van der Waals surface area contributed by atoms with Gasteiger partial charge in [0.05, 0.1) is 0 Å². The Morgan fingerprint density at radius 1 is 0.794 bits per heavy atom. The second-order valence-corrected chi connectivity index (χ2v) is 10.6. The number of nitrogens with one attached hydrogen (secondary N) is 1. The van der Waals surface area contributed by atoms with Crippen molar-refractivity contribution >= 4 is 18.0 Å². The smallest absolute Gasteiger partial charge is 0.410 e. The van der Waals surface area contributed by atoms with Crippen molar-refractivity contribution in [2.24, 2.45) is 0 Å². The Kier molecular flexibility index (Phi) is 10.4. The van der Waals surface area contributed by atoms with Gasteiger partial charge >= 0.3 is 12.2 Å². The molecule has 0 radical (unpaired) electrons. The molecule has 9 heteroatoms. The summed E-state index contributed by atoms with van der Waals surface area (Å²) in [5.74, 6) is 0.971. The summed E-state index contributed by atoms with van der Waals surface area (Å²) in [6.07, 6.45) is 3.31. The fourth-order valence-electron chi connectivity index (χ4n) is 3.55. The van der Waals surface area contributed by atoms with Crippen LogP contribution >= 0.6 is 0 Å². The van der Waals surface area contributed by atoms with E-state index < -0.39 is 11.2 Å². The number of rotatable bonds is 1. The van der Waals surface area contributed by atoms with Gasteiger partial charge in [-0.3, -0.25) is 0 Å². The molecule has 2 aliphatic heterocycles. The van der Waals surface area contributed by atoms with E-state index in [2.05, 4.69) is 15.2 Å². The summed E-state index contributed by atoms with van der Waals surface area (Å²) in [5.41, 5.74) is -0.832. The van der Waals surface area contributed by atoms with E-state index in [0.717, 1.165) is 64.5 Å². The van der Waals surface area contributed by atoms with Gasteiger partial charge in [-0.15, -0.1) is 0 Å². The molecule has 0 unspecified atom stereocenters. The lowest BCUT2D eigenvalue weighted by molar-refractivity contribution is 0.0252. The fraction of sp³-hybridized carbons (Fsp3) is 0.720. The van der Waals surface area contributed by atoms with Gasteiger partial charge in [0.2, 0.25) is 0 Å². The number of carbonyl (C=O) groups is 2. The van der Waals surface area contributed by atoms with Gasteiger partial charge in [0.15, 0.2) is 0 Å². The Morgan fingerprint density at radius 3 is 2.00 bits per heavy atom. The molecule has 0 aliphatic carbocycles. The van der Waals surface area contributed by atoms with Gasteiger partial charge in [-0.1, -0.05) is 6.07 Å². The maximum atomic E-state index is 12.1. The van der Waals surface area contributed by atoms with Crippen molar-refractivity contribution in [3.8, 4) is 0 Å². The van der Waals surface area contributed by atoms with E-state index in [9.17, 15) is 9.59 Å². The van der Waals surface area contributed by atoms with Crippen LogP contribution in [0.2, 0.25) is 0 Å². The van der Waals surface area contributed by atoms with Crippen LogP contribution < -0.4 is 10.2 Å². The Labute approximate surface area is 204 Å². The first-order valence-electron chi connectivity index (χ1n) is 12.3. The van der Waals surface area contributed by atoms with Gasteiger partial charge < -0.3 is 29.5 Å². The van der Waals surface area contributed by atoms with Gasteiger partial charge in [0, 0.05) is 52.0 Å². The molecule has 0 atom stereocenters. The van der Waals surface area contributed by atoms with Gasteiger partial charge in [-0.25, -0.2) is 14.6 Å². The van der Waals surface area contributed by atoms with Crippen LogP contribution in [0.25, 0.3) is 0 Å². The summed E-state index contributed by atoms with van der Waals surface area (Å²) in [4.78, 5) is 33.9. The van der Waals surface area contributed by atoms with Gasteiger partial charge in [0.25, 0.3) is 0 Å². The average Bonchev–Trinajstić information content (AvgIpc) is 3.16. The lowest BCUT2D eigenvalue weighted by Crippen LogP contribution is -2.39. The molecule has 1 N–H and O–H groups in total. The fourth-order valence-corrected chi connectivity index (χ4v) is 3.55. The zero-order chi connectivity index (χ0) is 25.2. The highest BCUT2D eigenvalue weighted by atomic mass is 16.6. The van der Waals surface area contributed by atoms with Crippen molar-refractivity contribution < 1.29 is 19.1 Å². The van der Waals surface area contributed by atoms with E-state index in [0.29, 0.717) is 6.54 Å². The molecule has 1 aromatic rings. The zero-order valence-electron chi connectivity index (χ0n) is 21.8. The normalized spacial score (nSPS) is 17.6. The molecule has 0 bridgehead atoms. The number of aromatic nitrogens is 1. The van der Waals surface area contributed by atoms with E-state index in [1.165, 1.54) is 0 Å². The number of hydrogen-bond donors (Lipinski definition) is 1. The average molecular weight is 478 g/mol. The number of hydrogen-bond acceptors (Lipinski definition) is 7. The summed E-state index contributed by atoms with van der Waals surface area (Å²) < 4.78 is 10.7. The molecule has 9 nitrogen and oxygen atoms in total. The quantitative estimate of drug-likeness (QED) is 0.659. The number of carbonyl (C=O) groups excluding carboxylic acids is 2. The molecule has 3 rings (SSSR count). The molecule has 0 spiro atoms. The molecular formula is C25H43N5O4. The highest BCUT2D eigenvalue weighted by molar-refractivity contribution is 5.68. The molecule has 2 saturated heterocycles. The third-order valence-electron chi connectivity index (χ3n) is 5.11. The van der Waals surface area contributed by atoms with Crippen LogP contribution in [0.15, 0.2) is 24.4 Å². The van der Waals surface area contributed by atoms with Crippen molar-refractivity contribution in [3.05, 3.63) is 24.4 Å². The monoisotopic (exact) mass is 477 g/mol. The van der Waals surface area contributed by atoms with Crippen molar-refractivity contribution in [2.45, 2.75) is 65.6 Å². The largest absolute Gasteiger partial charge is 0.444 e. The van der Waals surface area contributed by atoms with Crippen LogP contribution in [0, 0.1) is 0 Å². The van der Waals surface area contributed by atoms with Crippen molar-refractivity contribution in [2.75, 3.05) is 57.3 Å². The van der Waals surface area contributed by atoms with Crippen LogP contribution in [-0.4, -0.2) is 90.5 Å². The van der Waals surface area contributed by atoms with Crippen LogP contribution in [0.5, 0.6) is 0 Å². The first-order valence-corrected chi connectivity index (χ1v) is 12.3. The molecule has 2 fully saturated rings. The number of anilines is 1. The van der Waals surface area contributed by atoms with E-state index >= 15 is 0 Å². The Hall–Kier alpha value is -2.55. The molecule has 34 heavy (non-hydrogen) atoms. The van der Waals surface area contributed by atoms with Crippen molar-refractivity contribution in [3.63, 3.8) is 0 Å². The van der Waals surface area contributed by atoms with Gasteiger partial charge in [-0.2, -0.15) is 0 Å². The number of ether oxygens (including phenoxy) is 2. The van der Waals surface area contributed by atoms with Crippen LogP contribution in [0.3, 0.4) is 0 Å². The molecular weight excluding hydrogens is 434 g/mol. The third-order valence-corrected chi connectivity index (χ3v) is 5.11. The summed E-state index contributed by atoms with van der Waals surface area (Å²) in [7, 11) is 0. The molecule has 3 heterocycles. The van der Waals surface area contributed by atoms with E-state index in [-0.39, 0.29) is 12.2 Å². The minimum atomic E-state index is -0.440. The molecule has 192 valence electrons. The topological polar surface area (TPSA) is 87.2 Å². The van der Waals surface area contributed by atoms with E-state index in [4.69, 9.17) is 9.47 Å². The highest BCUT2D eigenvalue weighted by Gasteiger charge is 2.25. The number of amides is 2. The molecule has 0 aromatic carbocycles. The summed E-state index contributed by atoms with van der Waals surface area (Å²) in [6, 6.07) is 5.90. The Bertz CT molecular complexity index is 753. The SMILES string of the molecule is CC(C)(C)OC(=O)N1CCCN(c2ccccn2)CC1.CC(C)(C)OC(=O)N1CCCNCC1. The maximum absolute atomic E-state index is 12.1. The minimum absolute atomic E-state index is 0.193. The predicted molar refractivity (Wildman–Crippen MR) is 134 cm³/mol. The highest BCUT2D eigenvalue weighted by Crippen LogP contribution is 2.15. The standard InChI is InChI=1S/C15H23N3O2.C10H20N2O2/c1-15(2,3)20-14(19)18-10-6-9-17(11-12-18)13-7-4-5-8-16-13;1-10(2,3)14-9(13)12-7-4-5-11-6-8-12/h4-5,7-8H,6,9-12H2,1-3H3;11H,4-8H2,1-3H3. The van der Waals surface area contributed by atoms with Crippen molar-refractivity contribution in [1.29, 1.82) is 0 Å². The van der Waals surface area contributed by atoms with Gasteiger partial charge in [0.1, 0.15) is 17.0 Å². The molecule has 2 aliphatic rings. The van der Waals surface area contributed by atoms with Crippen LogP contribution in [0.1, 0.15) is 54.4 Å². The Morgan fingerprint density at radius 2 is 1.41 bits per heavy atom. The second-order valence-electron chi connectivity index (χ2n) is 10.6. The molecule has 1 aromatic heterocycles. The summed E-state index contributed by atoms with van der Waals surface area (Å²) in [6.45, 7) is 17.8. The Balaban J connectivity index is 0.000000257. The maximum Gasteiger partial charge on any atom is 0.410 e. The predicted octanol–water partition coefficient (Wildman–Crippen LogP) is 3.75. The lowest BCUT2D eigenvalue weighted by Gasteiger charge is -2.26. The first kappa shape index (κ1) is 27.7. The second kappa shape index (κ2) is 12.8. The molecule has 2 amide bonds. The lowest BCUT2D eigenvalue weighted by atomic mass is 10.2. The van der Waals surface area contributed by atoms with E-state index in [1.807, 2.05) is 59.7 Å². The van der Waals surface area contributed by atoms with Crippen molar-refractivity contribution in [1.82, 2.24) is 20.1 Å². The van der Waals surface area contributed by atoms with Crippen LogP contribution in [0.4, 0.5) is 15.4 Å². The minimum Gasteiger partial charge on any atom is -0.444 e. The number of nitrogens with zero attached hydrogens (tertiary/aromatic N) is 4. The summed E-state index contributed by atoms with van der Waals surface area (Å²) >= 11 is 0. The van der Waals surface area contributed by atoms with E-state index in [1.54, 1.807) is 16.0 Å². The first-order chi connectivity index (χ1) is 15.9. The third kappa shape index (κ3) is 10.6. The zero-order valence-corrected chi connectivity index (χ0v) is 21.8. The summed E-state index contributed by atoms with van der Waals surface area (Å²) in [5, 5.41) is 3.25. The number of pyridine rings is 1. The van der Waals surface area contributed by atoms with Crippen LogP contribution in [-0.2, 0) is 9.47 Å². The van der Waals surface area contributed by atoms with Gasteiger partial charge in [-0.05, 0) is 73.1 Å².